The van der Waals surface area contributed by atoms with Crippen molar-refractivity contribution in [2.75, 3.05) is 0 Å². The highest BCUT2D eigenvalue weighted by atomic mass is 19.1. The third kappa shape index (κ3) is 5.14. The number of Topliss-reactive ketones (excluding diaryl/α,β-unsaturated/α-hetero) is 1. The fourth-order valence-electron chi connectivity index (χ4n) is 4.26. The lowest BCUT2D eigenvalue weighted by Gasteiger charge is -2.12. The van der Waals surface area contributed by atoms with E-state index in [4.69, 9.17) is 9.26 Å². The highest BCUT2D eigenvalue weighted by Gasteiger charge is 2.33. The first kappa shape index (κ1) is 24.1. The number of halogens is 1. The molecule has 3 atom stereocenters. The molecule has 0 spiro atoms. The number of nitrogens with one attached hydrogen (secondary N) is 1. The number of ketones is 1. The summed E-state index contributed by atoms with van der Waals surface area (Å²) in [7, 11) is 0. The summed E-state index contributed by atoms with van der Waals surface area (Å²) in [5.41, 5.74) is 0.815. The van der Waals surface area contributed by atoms with Gasteiger partial charge in [0.2, 0.25) is 5.82 Å². The number of carbonyl (C=O) groups is 2. The summed E-state index contributed by atoms with van der Waals surface area (Å²) in [6.07, 6.45) is -0.0891. The van der Waals surface area contributed by atoms with E-state index in [0.29, 0.717) is 16.9 Å². The molecule has 2 aliphatic rings. The summed E-state index contributed by atoms with van der Waals surface area (Å²) >= 11 is 0. The Labute approximate surface area is 206 Å². The van der Waals surface area contributed by atoms with Crippen molar-refractivity contribution in [2.24, 2.45) is 5.92 Å². The summed E-state index contributed by atoms with van der Waals surface area (Å²) in [4.78, 5) is 28.9. The molecule has 36 heavy (non-hydrogen) atoms. The second-order valence-electron chi connectivity index (χ2n) is 9.35. The number of rotatable bonds is 8. The molecule has 2 fully saturated rings. The van der Waals surface area contributed by atoms with Crippen LogP contribution in [0.3, 0.4) is 0 Å². The molecular formula is C26H26FN3O6. The van der Waals surface area contributed by atoms with Crippen LogP contribution >= 0.6 is 0 Å². The SMILES string of the molecule is CC(Oc1ccc(C(=O)C2CC2)cc1)c1nc(-c2ccc(C(=O)NC3CC(O)C(O)C3)c(F)c2)no1. The van der Waals surface area contributed by atoms with Gasteiger partial charge in [-0.25, -0.2) is 4.39 Å². The zero-order valence-electron chi connectivity index (χ0n) is 19.6. The number of nitrogens with zero attached hydrogens (tertiary/aromatic N) is 2. The highest BCUT2D eigenvalue weighted by molar-refractivity contribution is 5.99. The van der Waals surface area contributed by atoms with Crippen LogP contribution in [0.25, 0.3) is 11.4 Å². The first-order valence-corrected chi connectivity index (χ1v) is 11.9. The number of hydrogen-bond donors (Lipinski definition) is 3. The number of benzene rings is 2. The van der Waals surface area contributed by atoms with Crippen LogP contribution in [0.5, 0.6) is 5.75 Å². The Morgan fingerprint density at radius 2 is 1.81 bits per heavy atom. The van der Waals surface area contributed by atoms with Crippen molar-refractivity contribution >= 4 is 11.7 Å². The minimum Gasteiger partial charge on any atom is -0.481 e. The third-order valence-corrected chi connectivity index (χ3v) is 6.49. The maximum absolute atomic E-state index is 14.7. The fourth-order valence-corrected chi connectivity index (χ4v) is 4.26. The molecule has 1 heterocycles. The maximum Gasteiger partial charge on any atom is 0.267 e. The Morgan fingerprint density at radius 1 is 1.11 bits per heavy atom. The summed E-state index contributed by atoms with van der Waals surface area (Å²) in [6.45, 7) is 1.73. The van der Waals surface area contributed by atoms with E-state index in [2.05, 4.69) is 15.5 Å². The number of hydrogen-bond acceptors (Lipinski definition) is 8. The Bertz CT molecular complexity index is 1260. The number of aromatic nitrogens is 2. The molecule has 0 bridgehead atoms. The van der Waals surface area contributed by atoms with Crippen LogP contribution in [0.2, 0.25) is 0 Å². The molecule has 0 aliphatic heterocycles. The summed E-state index contributed by atoms with van der Waals surface area (Å²) in [5, 5.41) is 25.8. The van der Waals surface area contributed by atoms with Crippen LogP contribution in [0, 0.1) is 11.7 Å². The van der Waals surface area contributed by atoms with Crippen molar-refractivity contribution < 1.29 is 33.5 Å². The van der Waals surface area contributed by atoms with Gasteiger partial charge in [0.05, 0.1) is 17.8 Å². The average molecular weight is 496 g/mol. The molecular weight excluding hydrogens is 469 g/mol. The molecule has 2 aliphatic carbocycles. The summed E-state index contributed by atoms with van der Waals surface area (Å²) in [6, 6.07) is 10.4. The summed E-state index contributed by atoms with van der Waals surface area (Å²) < 4.78 is 25.8. The fraction of sp³-hybridized carbons (Fsp3) is 0.385. The van der Waals surface area contributed by atoms with Crippen LogP contribution < -0.4 is 10.1 Å². The minimum atomic E-state index is -0.905. The van der Waals surface area contributed by atoms with E-state index in [1.165, 1.54) is 12.1 Å². The lowest BCUT2D eigenvalue weighted by molar-refractivity contribution is 0.0438. The molecule has 1 aromatic heterocycles. The lowest BCUT2D eigenvalue weighted by atomic mass is 10.1. The Morgan fingerprint density at radius 3 is 2.44 bits per heavy atom. The van der Waals surface area contributed by atoms with E-state index in [0.717, 1.165) is 18.9 Å². The van der Waals surface area contributed by atoms with E-state index >= 15 is 0 Å². The number of carbonyl (C=O) groups excluding carboxylic acids is 2. The van der Waals surface area contributed by atoms with Gasteiger partial charge >= 0.3 is 0 Å². The molecule has 5 rings (SSSR count). The van der Waals surface area contributed by atoms with Gasteiger partial charge in [-0.1, -0.05) is 11.2 Å². The van der Waals surface area contributed by atoms with Crippen LogP contribution in [-0.2, 0) is 0 Å². The smallest absolute Gasteiger partial charge is 0.267 e. The first-order valence-electron chi connectivity index (χ1n) is 11.9. The van der Waals surface area contributed by atoms with Gasteiger partial charge in [-0.3, -0.25) is 9.59 Å². The topological polar surface area (TPSA) is 135 Å². The van der Waals surface area contributed by atoms with Gasteiger partial charge < -0.3 is 24.8 Å². The zero-order chi connectivity index (χ0) is 25.4. The maximum atomic E-state index is 14.7. The normalized spacial score (nSPS) is 22.3. The standard InChI is InChI=1S/C26H26FN3O6/c1-13(35-18-7-4-15(5-8-18)23(33)14-2-3-14)26-29-24(30-36-26)16-6-9-19(20(27)10-16)25(34)28-17-11-21(31)22(32)12-17/h4-10,13-14,17,21-22,31-32H,2-3,11-12H2,1H3,(H,28,34). The molecule has 0 radical (unpaired) electrons. The lowest BCUT2D eigenvalue weighted by Crippen LogP contribution is -2.34. The van der Waals surface area contributed by atoms with Crippen LogP contribution in [-0.4, -0.2) is 50.3 Å². The quantitative estimate of drug-likeness (QED) is 0.406. The zero-order valence-corrected chi connectivity index (χ0v) is 19.6. The van der Waals surface area contributed by atoms with E-state index in [-0.39, 0.29) is 41.8 Å². The molecule has 2 saturated carbocycles. The predicted octanol–water partition coefficient (Wildman–Crippen LogP) is 3.22. The first-order chi connectivity index (χ1) is 17.3. The average Bonchev–Trinajstić information content (AvgIpc) is 3.50. The second kappa shape index (κ2) is 9.79. The van der Waals surface area contributed by atoms with E-state index in [1.807, 2.05) is 0 Å². The second-order valence-corrected chi connectivity index (χ2v) is 9.35. The van der Waals surface area contributed by atoms with Crippen molar-refractivity contribution in [3.05, 3.63) is 65.3 Å². The minimum absolute atomic E-state index is 0.138. The number of aliphatic hydroxyl groups is 2. The molecule has 3 unspecified atom stereocenters. The monoisotopic (exact) mass is 495 g/mol. The van der Waals surface area contributed by atoms with Crippen molar-refractivity contribution in [3.63, 3.8) is 0 Å². The van der Waals surface area contributed by atoms with Crippen molar-refractivity contribution in [2.45, 2.75) is 57.0 Å². The molecule has 10 heteroatoms. The molecule has 3 aromatic rings. The number of ether oxygens (including phenoxy) is 1. The number of amides is 1. The Balaban J connectivity index is 1.22. The van der Waals surface area contributed by atoms with Gasteiger partial charge in [0.1, 0.15) is 11.6 Å². The van der Waals surface area contributed by atoms with Crippen LogP contribution in [0.1, 0.15) is 65.3 Å². The van der Waals surface area contributed by atoms with Crippen molar-refractivity contribution in [1.29, 1.82) is 0 Å². The van der Waals surface area contributed by atoms with Crippen molar-refractivity contribution in [1.82, 2.24) is 15.5 Å². The van der Waals surface area contributed by atoms with E-state index in [9.17, 15) is 24.2 Å². The highest BCUT2D eigenvalue weighted by Crippen LogP contribution is 2.33. The molecule has 0 saturated heterocycles. The molecule has 188 valence electrons. The Kier molecular flexibility index (Phi) is 6.55. The van der Waals surface area contributed by atoms with Gasteiger partial charge in [-0.2, -0.15) is 4.98 Å². The van der Waals surface area contributed by atoms with Gasteiger partial charge in [0.15, 0.2) is 11.9 Å². The van der Waals surface area contributed by atoms with Crippen LogP contribution in [0.15, 0.2) is 47.0 Å². The van der Waals surface area contributed by atoms with Crippen molar-refractivity contribution in [3.8, 4) is 17.1 Å². The molecule has 3 N–H and O–H groups in total. The van der Waals surface area contributed by atoms with Gasteiger partial charge in [-0.15, -0.1) is 0 Å². The third-order valence-electron chi connectivity index (χ3n) is 6.49. The predicted molar refractivity (Wildman–Crippen MR) is 125 cm³/mol. The van der Waals surface area contributed by atoms with Crippen LogP contribution in [0.4, 0.5) is 4.39 Å². The molecule has 1 amide bonds. The number of aliphatic hydroxyl groups excluding tert-OH is 2. The molecule has 2 aromatic carbocycles. The molecule has 9 nitrogen and oxygen atoms in total. The van der Waals surface area contributed by atoms with Gasteiger partial charge in [0, 0.05) is 23.1 Å². The van der Waals surface area contributed by atoms with Gasteiger partial charge in [-0.05, 0) is 69.0 Å². The van der Waals surface area contributed by atoms with E-state index in [1.54, 1.807) is 31.2 Å². The summed E-state index contributed by atoms with van der Waals surface area (Å²) in [5.74, 6) is -0.230. The van der Waals surface area contributed by atoms with E-state index < -0.39 is 36.1 Å². The Hall–Kier alpha value is -3.63. The van der Waals surface area contributed by atoms with Gasteiger partial charge in [0.25, 0.3) is 11.8 Å². The largest absolute Gasteiger partial charge is 0.481 e.